The van der Waals surface area contributed by atoms with E-state index in [1.807, 2.05) is 31.2 Å². The monoisotopic (exact) mass is 240 g/mol. The van der Waals surface area contributed by atoms with Crippen LogP contribution in [-0.4, -0.2) is 20.0 Å². The van der Waals surface area contributed by atoms with Gasteiger partial charge in [-0.1, -0.05) is 29.8 Å². The molecule has 0 spiro atoms. The first-order valence-electron chi connectivity index (χ1n) is 5.01. The van der Waals surface area contributed by atoms with Crippen molar-refractivity contribution in [3.8, 4) is 0 Å². The molecule has 88 valence electrons. The topological polar surface area (TPSA) is 54.4 Å². The van der Waals surface area contributed by atoms with Crippen LogP contribution in [-0.2, 0) is 21.3 Å². The summed E-state index contributed by atoms with van der Waals surface area (Å²) in [5.74, 6) is -0.752. The maximum Gasteiger partial charge on any atom is 0.321 e. The Kier molecular flexibility index (Phi) is 3.86. The quantitative estimate of drug-likeness (QED) is 0.877. The summed E-state index contributed by atoms with van der Waals surface area (Å²) in [4.78, 5) is 10.9. The molecule has 0 amide bonds. The number of rotatable bonds is 4. The van der Waals surface area contributed by atoms with Crippen molar-refractivity contribution >= 4 is 16.8 Å². The highest BCUT2D eigenvalue weighted by Gasteiger charge is 2.34. The molecule has 0 saturated carbocycles. The standard InChI is InChI=1S/C12H16O3S/c1-9-4-6-10(7-5-9)8-16(15)12(2,3)11(13)14/h4-7H,8H2,1-3H3,(H,13,14). The summed E-state index contributed by atoms with van der Waals surface area (Å²) in [6, 6.07) is 7.62. The molecule has 0 bridgehead atoms. The number of hydrogen-bond acceptors (Lipinski definition) is 2. The third-order valence-corrected chi connectivity index (χ3v) is 4.41. The molecular weight excluding hydrogens is 224 g/mol. The first-order valence-corrected chi connectivity index (χ1v) is 6.33. The molecule has 1 unspecified atom stereocenters. The predicted molar refractivity (Wildman–Crippen MR) is 64.7 cm³/mol. The Balaban J connectivity index is 2.79. The van der Waals surface area contributed by atoms with Crippen LogP contribution in [0.25, 0.3) is 0 Å². The van der Waals surface area contributed by atoms with Crippen molar-refractivity contribution < 1.29 is 14.1 Å². The van der Waals surface area contributed by atoms with Gasteiger partial charge < -0.3 is 5.11 Å². The minimum Gasteiger partial charge on any atom is -0.480 e. The molecule has 0 aliphatic rings. The largest absolute Gasteiger partial charge is 0.480 e. The van der Waals surface area contributed by atoms with E-state index >= 15 is 0 Å². The molecule has 0 aliphatic heterocycles. The Bertz CT molecular complexity index is 407. The summed E-state index contributed by atoms with van der Waals surface area (Å²) in [7, 11) is -1.42. The summed E-state index contributed by atoms with van der Waals surface area (Å²) in [6.45, 7) is 4.95. The SMILES string of the molecule is Cc1ccc(CS(=O)C(C)(C)C(=O)O)cc1. The van der Waals surface area contributed by atoms with Gasteiger partial charge in [-0.2, -0.15) is 0 Å². The van der Waals surface area contributed by atoms with Gasteiger partial charge in [-0.25, -0.2) is 0 Å². The van der Waals surface area contributed by atoms with Gasteiger partial charge in [0, 0.05) is 16.6 Å². The predicted octanol–water partition coefficient (Wildman–Crippen LogP) is 2.11. The van der Waals surface area contributed by atoms with E-state index in [9.17, 15) is 9.00 Å². The van der Waals surface area contributed by atoms with E-state index in [-0.39, 0.29) is 5.75 Å². The molecule has 1 atom stereocenters. The van der Waals surface area contributed by atoms with E-state index in [2.05, 4.69) is 0 Å². The zero-order valence-corrected chi connectivity index (χ0v) is 10.5. The van der Waals surface area contributed by atoms with Gasteiger partial charge in [0.1, 0.15) is 4.75 Å². The molecule has 1 rings (SSSR count). The maximum atomic E-state index is 11.9. The summed E-state index contributed by atoms with van der Waals surface area (Å²) in [5.41, 5.74) is 2.03. The van der Waals surface area contributed by atoms with Gasteiger partial charge >= 0.3 is 5.97 Å². The highest BCUT2D eigenvalue weighted by atomic mass is 32.2. The average molecular weight is 240 g/mol. The Hall–Kier alpha value is -1.16. The molecular formula is C12H16O3S. The summed E-state index contributed by atoms with van der Waals surface area (Å²) in [5, 5.41) is 8.94. The fourth-order valence-corrected chi connectivity index (χ4v) is 2.16. The van der Waals surface area contributed by atoms with Crippen LogP contribution in [0.2, 0.25) is 0 Å². The number of benzene rings is 1. The molecule has 1 aromatic rings. The highest BCUT2D eigenvalue weighted by Crippen LogP contribution is 2.17. The van der Waals surface area contributed by atoms with E-state index in [0.29, 0.717) is 0 Å². The van der Waals surface area contributed by atoms with Gasteiger partial charge in [0.25, 0.3) is 0 Å². The van der Waals surface area contributed by atoms with Crippen molar-refractivity contribution in [3.05, 3.63) is 35.4 Å². The lowest BCUT2D eigenvalue weighted by Gasteiger charge is -2.18. The van der Waals surface area contributed by atoms with Gasteiger partial charge in [0.15, 0.2) is 0 Å². The third-order valence-electron chi connectivity index (χ3n) is 2.50. The van der Waals surface area contributed by atoms with Gasteiger partial charge in [0.05, 0.1) is 0 Å². The Labute approximate surface area is 98.0 Å². The van der Waals surface area contributed by atoms with E-state index in [0.717, 1.165) is 11.1 Å². The van der Waals surface area contributed by atoms with Crippen LogP contribution in [0.1, 0.15) is 25.0 Å². The molecule has 0 saturated heterocycles. The molecule has 1 aromatic carbocycles. The van der Waals surface area contributed by atoms with Crippen molar-refractivity contribution in [1.29, 1.82) is 0 Å². The van der Waals surface area contributed by atoms with Crippen LogP contribution in [0, 0.1) is 6.92 Å². The van der Waals surface area contributed by atoms with Crippen LogP contribution in [0.15, 0.2) is 24.3 Å². The first-order chi connectivity index (χ1) is 7.34. The number of aliphatic carboxylic acids is 1. The van der Waals surface area contributed by atoms with Crippen LogP contribution in [0.3, 0.4) is 0 Å². The molecule has 0 aliphatic carbocycles. The minimum absolute atomic E-state index is 0.277. The van der Waals surface area contributed by atoms with Crippen molar-refractivity contribution in [2.45, 2.75) is 31.3 Å². The Morgan fingerprint density at radius 2 is 1.81 bits per heavy atom. The smallest absolute Gasteiger partial charge is 0.321 e. The molecule has 0 fully saturated rings. The molecule has 0 aromatic heterocycles. The van der Waals surface area contributed by atoms with Crippen LogP contribution in [0.5, 0.6) is 0 Å². The normalized spacial score (nSPS) is 13.4. The van der Waals surface area contributed by atoms with Gasteiger partial charge in [-0.15, -0.1) is 0 Å². The van der Waals surface area contributed by atoms with Gasteiger partial charge in [-0.05, 0) is 26.3 Å². The van der Waals surface area contributed by atoms with E-state index in [4.69, 9.17) is 5.11 Å². The molecule has 1 N–H and O–H groups in total. The second kappa shape index (κ2) is 4.78. The van der Waals surface area contributed by atoms with Crippen molar-refractivity contribution in [1.82, 2.24) is 0 Å². The summed E-state index contributed by atoms with van der Waals surface area (Å²) >= 11 is 0. The highest BCUT2D eigenvalue weighted by molar-refractivity contribution is 7.86. The van der Waals surface area contributed by atoms with E-state index < -0.39 is 21.5 Å². The molecule has 16 heavy (non-hydrogen) atoms. The lowest BCUT2D eigenvalue weighted by molar-refractivity contribution is -0.139. The number of carboxylic acids is 1. The summed E-state index contributed by atoms with van der Waals surface area (Å²) < 4.78 is 10.7. The van der Waals surface area contributed by atoms with Crippen LogP contribution in [0.4, 0.5) is 0 Å². The lowest BCUT2D eigenvalue weighted by atomic mass is 10.2. The Morgan fingerprint density at radius 1 is 1.31 bits per heavy atom. The van der Waals surface area contributed by atoms with E-state index in [1.54, 1.807) is 0 Å². The number of hydrogen-bond donors (Lipinski definition) is 1. The summed E-state index contributed by atoms with van der Waals surface area (Å²) in [6.07, 6.45) is 0. The van der Waals surface area contributed by atoms with Gasteiger partial charge in [-0.3, -0.25) is 9.00 Å². The third kappa shape index (κ3) is 2.92. The zero-order valence-electron chi connectivity index (χ0n) is 9.69. The zero-order chi connectivity index (χ0) is 12.3. The molecule has 4 heteroatoms. The molecule has 0 radical (unpaired) electrons. The minimum atomic E-state index is -1.42. The number of carbonyl (C=O) groups is 1. The van der Waals surface area contributed by atoms with Crippen molar-refractivity contribution in [2.75, 3.05) is 0 Å². The maximum absolute atomic E-state index is 11.9. The van der Waals surface area contributed by atoms with Crippen LogP contribution < -0.4 is 0 Å². The first kappa shape index (κ1) is 12.9. The number of carboxylic acid groups (broad SMARTS) is 1. The fraction of sp³-hybridized carbons (Fsp3) is 0.417. The van der Waals surface area contributed by atoms with Crippen molar-refractivity contribution in [2.24, 2.45) is 0 Å². The average Bonchev–Trinajstić information content (AvgIpc) is 2.21. The van der Waals surface area contributed by atoms with Crippen molar-refractivity contribution in [3.63, 3.8) is 0 Å². The second-order valence-electron chi connectivity index (χ2n) is 4.29. The van der Waals surface area contributed by atoms with Crippen LogP contribution >= 0.6 is 0 Å². The fourth-order valence-electron chi connectivity index (χ4n) is 1.11. The molecule has 3 nitrogen and oxygen atoms in total. The van der Waals surface area contributed by atoms with Gasteiger partial charge in [0.2, 0.25) is 0 Å². The van der Waals surface area contributed by atoms with E-state index in [1.165, 1.54) is 13.8 Å². The number of aryl methyl sites for hydroxylation is 1. The lowest BCUT2D eigenvalue weighted by Crippen LogP contribution is -2.37. The molecule has 0 heterocycles. The second-order valence-corrected chi connectivity index (χ2v) is 6.29. The Morgan fingerprint density at radius 3 is 2.25 bits per heavy atom.